The van der Waals surface area contributed by atoms with Crippen LogP contribution in [0.5, 0.6) is 0 Å². The molecule has 1 rings (SSSR count). The second-order valence-corrected chi connectivity index (χ2v) is 4.41. The van der Waals surface area contributed by atoms with Crippen molar-refractivity contribution in [2.75, 3.05) is 7.11 Å². The van der Waals surface area contributed by atoms with Gasteiger partial charge in [-0.25, -0.2) is 0 Å². The Kier molecular flexibility index (Phi) is 4.01. The number of halogens is 2. The summed E-state index contributed by atoms with van der Waals surface area (Å²) in [6.45, 7) is 3.43. The molecule has 0 aliphatic carbocycles. The van der Waals surface area contributed by atoms with Gasteiger partial charge >= 0.3 is 0 Å². The minimum atomic E-state index is -1.16. The van der Waals surface area contributed by atoms with E-state index in [9.17, 15) is 5.11 Å². The molecule has 15 heavy (non-hydrogen) atoms. The van der Waals surface area contributed by atoms with Gasteiger partial charge in [-0.2, -0.15) is 0 Å². The topological polar surface area (TPSA) is 29.5 Å². The molecular weight excluding hydrogens is 235 g/mol. The first-order valence-corrected chi connectivity index (χ1v) is 5.36. The number of benzene rings is 1. The second-order valence-electron chi connectivity index (χ2n) is 3.63. The van der Waals surface area contributed by atoms with E-state index in [2.05, 4.69) is 0 Å². The van der Waals surface area contributed by atoms with Crippen molar-refractivity contribution >= 4 is 23.2 Å². The number of ether oxygens (including phenoxy) is 1. The van der Waals surface area contributed by atoms with E-state index < -0.39 is 5.60 Å². The van der Waals surface area contributed by atoms with Crippen LogP contribution in [0.25, 0.3) is 0 Å². The van der Waals surface area contributed by atoms with E-state index in [1.807, 2.05) is 0 Å². The highest BCUT2D eigenvalue weighted by Gasteiger charge is 2.33. The van der Waals surface area contributed by atoms with Gasteiger partial charge in [-0.3, -0.25) is 0 Å². The van der Waals surface area contributed by atoms with Crippen LogP contribution >= 0.6 is 23.2 Å². The molecule has 0 saturated heterocycles. The minimum Gasteiger partial charge on any atom is -0.383 e. The average molecular weight is 249 g/mol. The second kappa shape index (κ2) is 4.71. The van der Waals surface area contributed by atoms with Crippen LogP contribution in [0, 0.1) is 0 Å². The van der Waals surface area contributed by atoms with Crippen molar-refractivity contribution in [1.29, 1.82) is 0 Å². The molecule has 2 atom stereocenters. The molecule has 0 aromatic heterocycles. The van der Waals surface area contributed by atoms with E-state index in [0.29, 0.717) is 15.6 Å². The standard InChI is InChI=1S/C11H14Cl2O2/c1-7(15-3)11(2,14)8-5-4-6-9(12)10(8)13/h4-7,14H,1-3H3. The lowest BCUT2D eigenvalue weighted by Gasteiger charge is -2.30. The third kappa shape index (κ3) is 2.45. The summed E-state index contributed by atoms with van der Waals surface area (Å²) in [7, 11) is 1.54. The van der Waals surface area contributed by atoms with Crippen LogP contribution in [0.2, 0.25) is 10.0 Å². The first-order chi connectivity index (χ1) is 6.91. The molecule has 0 aliphatic heterocycles. The highest BCUT2D eigenvalue weighted by molar-refractivity contribution is 6.42. The Labute approximate surface area is 99.8 Å². The fourth-order valence-electron chi connectivity index (χ4n) is 1.34. The van der Waals surface area contributed by atoms with Crippen molar-refractivity contribution in [2.45, 2.75) is 25.6 Å². The van der Waals surface area contributed by atoms with Crippen LogP contribution in [0.1, 0.15) is 19.4 Å². The lowest BCUT2D eigenvalue weighted by Crippen LogP contribution is -2.36. The summed E-state index contributed by atoms with van der Waals surface area (Å²) in [6, 6.07) is 5.17. The van der Waals surface area contributed by atoms with E-state index in [1.54, 1.807) is 32.0 Å². The van der Waals surface area contributed by atoms with Gasteiger partial charge in [0, 0.05) is 12.7 Å². The molecule has 1 aromatic carbocycles. The maximum absolute atomic E-state index is 10.3. The minimum absolute atomic E-state index is 0.367. The third-order valence-electron chi connectivity index (χ3n) is 2.64. The molecule has 0 spiro atoms. The zero-order chi connectivity index (χ0) is 11.6. The van der Waals surface area contributed by atoms with Gasteiger partial charge in [0.05, 0.1) is 16.1 Å². The maximum atomic E-state index is 10.3. The summed E-state index contributed by atoms with van der Waals surface area (Å²) in [4.78, 5) is 0. The normalized spacial score (nSPS) is 17.2. The zero-order valence-corrected chi connectivity index (χ0v) is 10.4. The summed E-state index contributed by atoms with van der Waals surface area (Å²) in [5.41, 5.74) is -0.581. The number of aliphatic hydroxyl groups is 1. The van der Waals surface area contributed by atoms with Crippen molar-refractivity contribution in [1.82, 2.24) is 0 Å². The number of rotatable bonds is 3. The Morgan fingerprint density at radius 3 is 2.53 bits per heavy atom. The predicted molar refractivity (Wildman–Crippen MR) is 62.5 cm³/mol. The summed E-state index contributed by atoms with van der Waals surface area (Å²) in [5.74, 6) is 0. The van der Waals surface area contributed by atoms with Gasteiger partial charge in [-0.15, -0.1) is 0 Å². The molecule has 2 unspecified atom stereocenters. The molecule has 0 bridgehead atoms. The average Bonchev–Trinajstić information content (AvgIpc) is 2.20. The smallest absolute Gasteiger partial charge is 0.114 e. The van der Waals surface area contributed by atoms with Crippen LogP contribution in [0.3, 0.4) is 0 Å². The van der Waals surface area contributed by atoms with Crippen LogP contribution in [0.4, 0.5) is 0 Å². The molecule has 1 aromatic rings. The van der Waals surface area contributed by atoms with E-state index in [4.69, 9.17) is 27.9 Å². The Bertz CT molecular complexity index is 350. The number of methoxy groups -OCH3 is 1. The Hall–Kier alpha value is -0.280. The molecular formula is C11H14Cl2O2. The fourth-order valence-corrected chi connectivity index (χ4v) is 1.83. The third-order valence-corrected chi connectivity index (χ3v) is 3.46. The monoisotopic (exact) mass is 248 g/mol. The Morgan fingerprint density at radius 2 is 2.00 bits per heavy atom. The summed E-state index contributed by atoms with van der Waals surface area (Å²) in [5, 5.41) is 11.1. The van der Waals surface area contributed by atoms with Gasteiger partial charge in [-0.1, -0.05) is 35.3 Å². The van der Waals surface area contributed by atoms with E-state index >= 15 is 0 Å². The molecule has 0 amide bonds. The highest BCUT2D eigenvalue weighted by atomic mass is 35.5. The lowest BCUT2D eigenvalue weighted by molar-refractivity contribution is -0.0771. The predicted octanol–water partition coefficient (Wildman–Crippen LogP) is 3.24. The molecule has 0 heterocycles. The van der Waals surface area contributed by atoms with E-state index in [-0.39, 0.29) is 6.10 Å². The van der Waals surface area contributed by atoms with Crippen molar-refractivity contribution in [3.63, 3.8) is 0 Å². The summed E-state index contributed by atoms with van der Waals surface area (Å²) < 4.78 is 5.11. The van der Waals surface area contributed by atoms with Crippen molar-refractivity contribution in [3.8, 4) is 0 Å². The van der Waals surface area contributed by atoms with Gasteiger partial charge in [0.25, 0.3) is 0 Å². The first-order valence-electron chi connectivity index (χ1n) is 4.61. The first kappa shape index (κ1) is 12.8. The van der Waals surface area contributed by atoms with Crippen molar-refractivity contribution < 1.29 is 9.84 Å². The SMILES string of the molecule is COC(C)C(C)(O)c1cccc(Cl)c1Cl. The van der Waals surface area contributed by atoms with Gasteiger partial charge < -0.3 is 9.84 Å². The largest absolute Gasteiger partial charge is 0.383 e. The molecule has 1 N–H and O–H groups in total. The summed E-state index contributed by atoms with van der Waals surface area (Å²) in [6.07, 6.45) is -0.367. The fraction of sp³-hybridized carbons (Fsp3) is 0.455. The van der Waals surface area contributed by atoms with Crippen LogP contribution in [0.15, 0.2) is 18.2 Å². The lowest BCUT2D eigenvalue weighted by atomic mass is 9.91. The van der Waals surface area contributed by atoms with Crippen LogP contribution < -0.4 is 0 Å². The van der Waals surface area contributed by atoms with Gasteiger partial charge in [-0.05, 0) is 19.9 Å². The molecule has 2 nitrogen and oxygen atoms in total. The van der Waals surface area contributed by atoms with Crippen LogP contribution in [-0.4, -0.2) is 18.3 Å². The van der Waals surface area contributed by atoms with Crippen LogP contribution in [-0.2, 0) is 10.3 Å². The molecule has 0 saturated carbocycles. The Morgan fingerprint density at radius 1 is 1.40 bits per heavy atom. The molecule has 84 valence electrons. The van der Waals surface area contributed by atoms with Crippen molar-refractivity contribution in [2.24, 2.45) is 0 Å². The Balaban J connectivity index is 3.20. The zero-order valence-electron chi connectivity index (χ0n) is 8.92. The molecule has 4 heteroatoms. The summed E-state index contributed by atoms with van der Waals surface area (Å²) >= 11 is 11.9. The van der Waals surface area contributed by atoms with Gasteiger partial charge in [0.2, 0.25) is 0 Å². The quantitative estimate of drug-likeness (QED) is 0.891. The number of hydrogen-bond acceptors (Lipinski definition) is 2. The molecule has 0 aliphatic rings. The van der Waals surface area contributed by atoms with Gasteiger partial charge in [0.15, 0.2) is 0 Å². The number of hydrogen-bond donors (Lipinski definition) is 1. The molecule has 0 radical (unpaired) electrons. The van der Waals surface area contributed by atoms with E-state index in [0.717, 1.165) is 0 Å². The maximum Gasteiger partial charge on any atom is 0.114 e. The van der Waals surface area contributed by atoms with Gasteiger partial charge in [0.1, 0.15) is 5.60 Å². The van der Waals surface area contributed by atoms with E-state index in [1.165, 1.54) is 7.11 Å². The molecule has 0 fully saturated rings. The van der Waals surface area contributed by atoms with Crippen molar-refractivity contribution in [3.05, 3.63) is 33.8 Å². The highest BCUT2D eigenvalue weighted by Crippen LogP contribution is 2.35.